The fourth-order valence-electron chi connectivity index (χ4n) is 4.16. The molecular formula is C20H22F3N5O2. The van der Waals surface area contributed by atoms with E-state index in [0.29, 0.717) is 37.2 Å². The monoisotopic (exact) mass is 421 g/mol. The Bertz CT molecular complexity index is 945. The van der Waals surface area contributed by atoms with Crippen LogP contribution in [0, 0.1) is 5.92 Å². The number of aromatic nitrogens is 3. The van der Waals surface area contributed by atoms with E-state index in [-0.39, 0.29) is 36.6 Å². The molecule has 7 nitrogen and oxygen atoms in total. The summed E-state index contributed by atoms with van der Waals surface area (Å²) in [6.07, 6.45) is 0.576. The summed E-state index contributed by atoms with van der Waals surface area (Å²) in [6, 6.07) is 3.06. The summed E-state index contributed by atoms with van der Waals surface area (Å²) >= 11 is 0. The molecule has 0 radical (unpaired) electrons. The van der Waals surface area contributed by atoms with Gasteiger partial charge in [-0.3, -0.25) is 4.79 Å². The third-order valence-corrected chi connectivity index (χ3v) is 5.87. The molecule has 2 N–H and O–H groups in total. The van der Waals surface area contributed by atoms with Crippen LogP contribution in [0.1, 0.15) is 38.0 Å². The minimum atomic E-state index is -4.19. The Labute approximate surface area is 171 Å². The summed E-state index contributed by atoms with van der Waals surface area (Å²) in [5.74, 6) is -1.36. The highest BCUT2D eigenvalue weighted by molar-refractivity contribution is 5.91. The number of halogens is 3. The maximum Gasteiger partial charge on any atom is 0.391 e. The minimum absolute atomic E-state index is 0.00661. The lowest BCUT2D eigenvalue weighted by Gasteiger charge is -2.31. The highest BCUT2D eigenvalue weighted by Crippen LogP contribution is 2.39. The van der Waals surface area contributed by atoms with Crippen molar-refractivity contribution in [2.75, 3.05) is 11.9 Å². The number of rotatable bonds is 5. The quantitative estimate of drug-likeness (QED) is 0.717. The summed E-state index contributed by atoms with van der Waals surface area (Å²) in [4.78, 5) is 16.6. The van der Waals surface area contributed by atoms with Crippen molar-refractivity contribution < 1.29 is 22.4 Å². The summed E-state index contributed by atoms with van der Waals surface area (Å²) < 4.78 is 45.2. The van der Waals surface area contributed by atoms with Gasteiger partial charge in [-0.2, -0.15) is 13.2 Å². The van der Waals surface area contributed by atoms with Gasteiger partial charge in [0.2, 0.25) is 11.8 Å². The second kappa shape index (κ2) is 7.73. The molecule has 160 valence electrons. The first-order valence-electron chi connectivity index (χ1n) is 9.88. The molecule has 4 rings (SSSR count). The SMILES string of the molecule is C=CC1(c2nnc(-c3ncccc3NC3CCCC(C(F)(F)F)C3)o2)CCNC1=O. The summed E-state index contributed by atoms with van der Waals surface area (Å²) in [7, 11) is 0. The van der Waals surface area contributed by atoms with E-state index < -0.39 is 17.5 Å². The first-order chi connectivity index (χ1) is 14.3. The molecular weight excluding hydrogens is 399 g/mol. The Morgan fingerprint density at radius 2 is 2.17 bits per heavy atom. The second-order valence-corrected chi connectivity index (χ2v) is 7.74. The third-order valence-electron chi connectivity index (χ3n) is 5.87. The number of hydrogen-bond donors (Lipinski definition) is 2. The molecule has 1 saturated heterocycles. The molecule has 3 heterocycles. The van der Waals surface area contributed by atoms with Gasteiger partial charge in [-0.05, 0) is 37.8 Å². The molecule has 3 atom stereocenters. The average Bonchev–Trinajstić information content (AvgIpc) is 3.35. The van der Waals surface area contributed by atoms with Crippen molar-refractivity contribution in [1.82, 2.24) is 20.5 Å². The maximum absolute atomic E-state index is 13.1. The van der Waals surface area contributed by atoms with Gasteiger partial charge in [-0.15, -0.1) is 16.8 Å². The molecule has 1 aliphatic carbocycles. The van der Waals surface area contributed by atoms with Crippen LogP contribution in [0.25, 0.3) is 11.6 Å². The lowest BCUT2D eigenvalue weighted by molar-refractivity contribution is -0.182. The molecule has 0 bridgehead atoms. The Hall–Kier alpha value is -2.91. The molecule has 0 spiro atoms. The van der Waals surface area contributed by atoms with Gasteiger partial charge < -0.3 is 15.1 Å². The normalized spacial score (nSPS) is 27.0. The molecule has 2 aromatic rings. The molecule has 30 heavy (non-hydrogen) atoms. The van der Waals surface area contributed by atoms with Crippen LogP contribution >= 0.6 is 0 Å². The summed E-state index contributed by atoms with van der Waals surface area (Å²) in [5, 5.41) is 14.0. The predicted molar refractivity (Wildman–Crippen MR) is 102 cm³/mol. The molecule has 0 aromatic carbocycles. The fraction of sp³-hybridized carbons (Fsp3) is 0.500. The van der Waals surface area contributed by atoms with E-state index in [2.05, 4.69) is 32.4 Å². The Kier molecular flexibility index (Phi) is 5.25. The zero-order chi connectivity index (χ0) is 21.4. The van der Waals surface area contributed by atoms with Crippen LogP contribution in [0.3, 0.4) is 0 Å². The zero-order valence-electron chi connectivity index (χ0n) is 16.2. The van der Waals surface area contributed by atoms with Crippen molar-refractivity contribution >= 4 is 11.6 Å². The van der Waals surface area contributed by atoms with E-state index in [1.54, 1.807) is 12.1 Å². The van der Waals surface area contributed by atoms with Gasteiger partial charge in [0.15, 0.2) is 5.69 Å². The standard InChI is InChI=1S/C20H22F3N5O2/c1-2-19(8-10-25-17(19)29)18-28-27-16(30-18)15-14(7-4-9-24-15)26-13-6-3-5-12(11-13)20(21,22)23/h2,4,7,9,12-13,26H,1,3,5-6,8,10-11H2,(H,25,29). The number of carbonyl (C=O) groups excluding carboxylic acids is 1. The molecule has 2 aliphatic rings. The van der Waals surface area contributed by atoms with Crippen molar-refractivity contribution in [3.05, 3.63) is 36.9 Å². The van der Waals surface area contributed by atoms with E-state index in [1.807, 2.05) is 0 Å². The number of alkyl halides is 3. The number of carbonyl (C=O) groups is 1. The molecule has 2 fully saturated rings. The topological polar surface area (TPSA) is 92.9 Å². The zero-order valence-corrected chi connectivity index (χ0v) is 16.2. The molecule has 1 saturated carbocycles. The molecule has 1 aliphatic heterocycles. The number of pyridine rings is 1. The highest BCUT2D eigenvalue weighted by Gasteiger charge is 2.46. The van der Waals surface area contributed by atoms with E-state index in [4.69, 9.17) is 4.42 Å². The van der Waals surface area contributed by atoms with Gasteiger partial charge in [-0.1, -0.05) is 12.5 Å². The van der Waals surface area contributed by atoms with E-state index in [9.17, 15) is 18.0 Å². The van der Waals surface area contributed by atoms with Gasteiger partial charge in [0.25, 0.3) is 5.89 Å². The van der Waals surface area contributed by atoms with Crippen LogP contribution in [0.15, 0.2) is 35.4 Å². The first-order valence-corrected chi connectivity index (χ1v) is 9.88. The maximum atomic E-state index is 13.1. The summed E-state index contributed by atoms with van der Waals surface area (Å²) in [6.45, 7) is 4.21. The van der Waals surface area contributed by atoms with Crippen LogP contribution < -0.4 is 10.6 Å². The van der Waals surface area contributed by atoms with Crippen molar-refractivity contribution in [2.24, 2.45) is 5.92 Å². The first kappa shape index (κ1) is 20.4. The number of amides is 1. The Morgan fingerprint density at radius 1 is 1.33 bits per heavy atom. The number of nitrogens with one attached hydrogen (secondary N) is 2. The molecule has 10 heteroatoms. The Balaban J connectivity index is 1.58. The third kappa shape index (κ3) is 3.66. The average molecular weight is 421 g/mol. The number of nitrogens with zero attached hydrogens (tertiary/aromatic N) is 3. The number of hydrogen-bond acceptors (Lipinski definition) is 6. The molecule has 3 unspecified atom stereocenters. The lowest BCUT2D eigenvalue weighted by atomic mass is 9.85. The summed E-state index contributed by atoms with van der Waals surface area (Å²) in [5.41, 5.74) is -0.233. The van der Waals surface area contributed by atoms with E-state index in [0.717, 1.165) is 0 Å². The van der Waals surface area contributed by atoms with Crippen LogP contribution in [0.5, 0.6) is 0 Å². The lowest BCUT2D eigenvalue weighted by Crippen LogP contribution is -2.34. The predicted octanol–water partition coefficient (Wildman–Crippen LogP) is 3.61. The largest absolute Gasteiger partial charge is 0.418 e. The Morgan fingerprint density at radius 3 is 2.87 bits per heavy atom. The van der Waals surface area contributed by atoms with E-state index in [1.165, 1.54) is 12.3 Å². The second-order valence-electron chi connectivity index (χ2n) is 7.74. The van der Waals surface area contributed by atoms with Crippen molar-refractivity contribution in [2.45, 2.75) is 49.7 Å². The van der Waals surface area contributed by atoms with Crippen LogP contribution in [-0.2, 0) is 10.2 Å². The highest BCUT2D eigenvalue weighted by atomic mass is 19.4. The van der Waals surface area contributed by atoms with Gasteiger partial charge >= 0.3 is 6.18 Å². The van der Waals surface area contributed by atoms with Crippen molar-refractivity contribution in [3.8, 4) is 11.6 Å². The van der Waals surface area contributed by atoms with E-state index >= 15 is 0 Å². The fourth-order valence-corrected chi connectivity index (χ4v) is 4.16. The van der Waals surface area contributed by atoms with Crippen LogP contribution in [0.2, 0.25) is 0 Å². The van der Waals surface area contributed by atoms with Gasteiger partial charge in [0.1, 0.15) is 5.41 Å². The van der Waals surface area contributed by atoms with Crippen molar-refractivity contribution in [3.63, 3.8) is 0 Å². The van der Waals surface area contributed by atoms with Crippen molar-refractivity contribution in [1.29, 1.82) is 0 Å². The molecule has 2 aromatic heterocycles. The van der Waals surface area contributed by atoms with Crippen LogP contribution in [-0.4, -0.2) is 39.9 Å². The minimum Gasteiger partial charge on any atom is -0.418 e. The molecule has 1 amide bonds. The van der Waals surface area contributed by atoms with Gasteiger partial charge in [-0.25, -0.2) is 4.98 Å². The number of anilines is 1. The van der Waals surface area contributed by atoms with Crippen LogP contribution in [0.4, 0.5) is 18.9 Å². The smallest absolute Gasteiger partial charge is 0.391 e. The van der Waals surface area contributed by atoms with Gasteiger partial charge in [0.05, 0.1) is 11.6 Å². The van der Waals surface area contributed by atoms with Gasteiger partial charge in [0, 0.05) is 18.8 Å².